The van der Waals surface area contributed by atoms with Gasteiger partial charge in [-0.3, -0.25) is 0 Å². The van der Waals surface area contributed by atoms with Gasteiger partial charge in [0.2, 0.25) is 0 Å². The van der Waals surface area contributed by atoms with E-state index in [2.05, 4.69) is 15.4 Å². The van der Waals surface area contributed by atoms with E-state index in [1.54, 1.807) is 0 Å². The van der Waals surface area contributed by atoms with Gasteiger partial charge in [0.25, 0.3) is 6.43 Å². The van der Waals surface area contributed by atoms with Crippen LogP contribution in [-0.4, -0.2) is 29.6 Å². The summed E-state index contributed by atoms with van der Waals surface area (Å²) in [6.07, 6.45) is 0.861. The first-order valence-corrected chi connectivity index (χ1v) is 5.92. The number of aryl methyl sites for hydroxylation is 1. The van der Waals surface area contributed by atoms with Gasteiger partial charge in [-0.2, -0.15) is 0 Å². The van der Waals surface area contributed by atoms with E-state index >= 15 is 0 Å². The highest BCUT2D eigenvalue weighted by atomic mass is 19.3. The largest absolute Gasteiger partial charge is 0.375 e. The van der Waals surface area contributed by atoms with Crippen LogP contribution in [-0.2, 0) is 24.0 Å². The van der Waals surface area contributed by atoms with Crippen molar-refractivity contribution in [3.05, 3.63) is 17.1 Å². The first-order chi connectivity index (χ1) is 8.70. The van der Waals surface area contributed by atoms with Gasteiger partial charge < -0.3 is 10.2 Å². The molecule has 0 fully saturated rings. The van der Waals surface area contributed by atoms with Crippen molar-refractivity contribution in [3.8, 4) is 0 Å². The standard InChI is InChI=1S/C11H16F2N4O/c12-9(13)6-18-5-4-10-15-8-3-1-2-7(8)11(16-10)17-14/h9H,1-6,14H2,(H,15,16,17). The second-order valence-electron chi connectivity index (χ2n) is 4.13. The topological polar surface area (TPSA) is 73.1 Å². The molecule has 1 aromatic rings. The fraction of sp³-hybridized carbons (Fsp3) is 0.636. The molecule has 3 N–H and O–H groups in total. The maximum Gasteiger partial charge on any atom is 0.261 e. The van der Waals surface area contributed by atoms with Crippen molar-refractivity contribution in [1.29, 1.82) is 0 Å². The minimum atomic E-state index is -2.44. The molecule has 0 amide bonds. The average molecular weight is 258 g/mol. The normalized spacial score (nSPS) is 14.0. The SMILES string of the molecule is NNc1nc(CCOCC(F)F)nc2c1CCC2. The zero-order chi connectivity index (χ0) is 13.0. The highest BCUT2D eigenvalue weighted by molar-refractivity contribution is 5.47. The van der Waals surface area contributed by atoms with Gasteiger partial charge in [0.1, 0.15) is 18.2 Å². The maximum atomic E-state index is 11.9. The number of anilines is 1. The molecule has 2 rings (SSSR count). The van der Waals surface area contributed by atoms with Gasteiger partial charge in [0.05, 0.1) is 6.61 Å². The lowest BCUT2D eigenvalue weighted by atomic mass is 10.2. The third kappa shape index (κ3) is 3.11. The second-order valence-corrected chi connectivity index (χ2v) is 4.13. The number of nitrogens with one attached hydrogen (secondary N) is 1. The van der Waals surface area contributed by atoms with E-state index in [0.717, 1.165) is 30.5 Å². The Labute approximate surface area is 104 Å². The van der Waals surface area contributed by atoms with Crippen LogP contribution in [0.5, 0.6) is 0 Å². The molecule has 0 aliphatic heterocycles. The van der Waals surface area contributed by atoms with Gasteiger partial charge in [0, 0.05) is 17.7 Å². The maximum absolute atomic E-state index is 11.9. The van der Waals surface area contributed by atoms with Gasteiger partial charge in [-0.15, -0.1) is 0 Å². The molecule has 5 nitrogen and oxygen atoms in total. The van der Waals surface area contributed by atoms with Crippen molar-refractivity contribution in [2.24, 2.45) is 5.84 Å². The quantitative estimate of drug-likeness (QED) is 0.454. The lowest BCUT2D eigenvalue weighted by Gasteiger charge is -2.09. The Morgan fingerprint density at radius 3 is 2.89 bits per heavy atom. The number of aromatic nitrogens is 2. The van der Waals surface area contributed by atoms with E-state index in [-0.39, 0.29) is 6.61 Å². The van der Waals surface area contributed by atoms with E-state index in [1.165, 1.54) is 0 Å². The minimum absolute atomic E-state index is 0.188. The van der Waals surface area contributed by atoms with Crippen molar-refractivity contribution < 1.29 is 13.5 Å². The van der Waals surface area contributed by atoms with Crippen LogP contribution in [0.15, 0.2) is 0 Å². The number of hydrogen-bond donors (Lipinski definition) is 2. The molecule has 0 aromatic carbocycles. The highest BCUT2D eigenvalue weighted by Gasteiger charge is 2.18. The van der Waals surface area contributed by atoms with Gasteiger partial charge in [-0.05, 0) is 19.3 Å². The Balaban J connectivity index is 1.97. The molecule has 100 valence electrons. The smallest absolute Gasteiger partial charge is 0.261 e. The molecular weight excluding hydrogens is 242 g/mol. The molecule has 18 heavy (non-hydrogen) atoms. The number of nitrogens with two attached hydrogens (primary N) is 1. The lowest BCUT2D eigenvalue weighted by molar-refractivity contribution is 0.0183. The molecular formula is C11H16F2N4O. The number of rotatable bonds is 6. The Bertz CT molecular complexity index is 414. The van der Waals surface area contributed by atoms with Gasteiger partial charge in [0.15, 0.2) is 0 Å². The van der Waals surface area contributed by atoms with Crippen LogP contribution in [0, 0.1) is 0 Å². The van der Waals surface area contributed by atoms with Crippen molar-refractivity contribution in [2.45, 2.75) is 32.1 Å². The Kier molecular flexibility index (Phi) is 4.38. The molecule has 1 aliphatic rings. The zero-order valence-electron chi connectivity index (χ0n) is 9.96. The number of fused-ring (bicyclic) bond motifs is 1. The van der Waals surface area contributed by atoms with Gasteiger partial charge in [-0.25, -0.2) is 24.6 Å². The first-order valence-electron chi connectivity index (χ1n) is 5.92. The molecule has 1 heterocycles. The summed E-state index contributed by atoms with van der Waals surface area (Å²) < 4.78 is 28.6. The second kappa shape index (κ2) is 6.01. The molecule has 0 atom stereocenters. The molecule has 7 heteroatoms. The van der Waals surface area contributed by atoms with Gasteiger partial charge >= 0.3 is 0 Å². The van der Waals surface area contributed by atoms with Crippen molar-refractivity contribution >= 4 is 5.82 Å². The molecule has 1 aliphatic carbocycles. The van der Waals surface area contributed by atoms with Crippen LogP contribution in [0.3, 0.4) is 0 Å². The van der Waals surface area contributed by atoms with E-state index in [0.29, 0.717) is 18.1 Å². The molecule has 0 radical (unpaired) electrons. The molecule has 0 saturated carbocycles. The average Bonchev–Trinajstić information content (AvgIpc) is 2.81. The summed E-state index contributed by atoms with van der Waals surface area (Å²) in [5.74, 6) is 6.64. The number of halogens is 2. The summed E-state index contributed by atoms with van der Waals surface area (Å²) in [6, 6.07) is 0. The van der Waals surface area contributed by atoms with E-state index in [1.807, 2.05) is 0 Å². The summed E-state index contributed by atoms with van der Waals surface area (Å²) in [4.78, 5) is 8.67. The molecule has 1 aromatic heterocycles. The van der Waals surface area contributed by atoms with Crippen LogP contribution in [0.4, 0.5) is 14.6 Å². The predicted molar refractivity (Wildman–Crippen MR) is 62.4 cm³/mol. The van der Waals surface area contributed by atoms with E-state index in [9.17, 15) is 8.78 Å². The van der Waals surface area contributed by atoms with Crippen LogP contribution >= 0.6 is 0 Å². The fourth-order valence-electron chi connectivity index (χ4n) is 2.05. The highest BCUT2D eigenvalue weighted by Crippen LogP contribution is 2.25. The van der Waals surface area contributed by atoms with Crippen LogP contribution < -0.4 is 11.3 Å². The third-order valence-corrected chi connectivity index (χ3v) is 2.83. The zero-order valence-corrected chi connectivity index (χ0v) is 9.96. The molecule has 0 bridgehead atoms. The summed E-state index contributed by atoms with van der Waals surface area (Å²) >= 11 is 0. The fourth-order valence-corrected chi connectivity index (χ4v) is 2.05. The van der Waals surface area contributed by atoms with Crippen LogP contribution in [0.25, 0.3) is 0 Å². The number of nitrogens with zero attached hydrogens (tertiary/aromatic N) is 2. The Morgan fingerprint density at radius 1 is 1.33 bits per heavy atom. The molecule has 0 unspecified atom stereocenters. The Hall–Kier alpha value is -1.34. The number of hydrazine groups is 1. The molecule has 0 spiro atoms. The predicted octanol–water partition coefficient (Wildman–Crippen LogP) is 1.08. The monoisotopic (exact) mass is 258 g/mol. The summed E-state index contributed by atoms with van der Waals surface area (Å²) in [6.45, 7) is -0.361. The number of alkyl halides is 2. The Morgan fingerprint density at radius 2 is 2.17 bits per heavy atom. The summed E-state index contributed by atoms with van der Waals surface area (Å²) in [5, 5.41) is 0. The number of hydrogen-bond acceptors (Lipinski definition) is 5. The lowest BCUT2D eigenvalue weighted by Crippen LogP contribution is -2.15. The van der Waals surface area contributed by atoms with E-state index in [4.69, 9.17) is 10.6 Å². The van der Waals surface area contributed by atoms with Gasteiger partial charge in [-0.1, -0.05) is 0 Å². The van der Waals surface area contributed by atoms with Crippen LogP contribution in [0.1, 0.15) is 23.5 Å². The van der Waals surface area contributed by atoms with Crippen molar-refractivity contribution in [2.75, 3.05) is 18.6 Å². The third-order valence-electron chi connectivity index (χ3n) is 2.83. The van der Waals surface area contributed by atoms with Crippen molar-refractivity contribution in [3.63, 3.8) is 0 Å². The molecule has 0 saturated heterocycles. The summed E-state index contributed by atoms with van der Waals surface area (Å²) in [7, 11) is 0. The van der Waals surface area contributed by atoms with Crippen molar-refractivity contribution in [1.82, 2.24) is 9.97 Å². The number of nitrogen functional groups attached to an aromatic ring is 1. The minimum Gasteiger partial charge on any atom is -0.375 e. The summed E-state index contributed by atoms with van der Waals surface area (Å²) in [5.41, 5.74) is 4.63. The number of ether oxygens (including phenoxy) is 1. The van der Waals surface area contributed by atoms with Crippen LogP contribution in [0.2, 0.25) is 0 Å². The van der Waals surface area contributed by atoms with E-state index < -0.39 is 13.0 Å². The first kappa shape index (κ1) is 13.1.